The predicted octanol–water partition coefficient (Wildman–Crippen LogP) is 2.44. The van der Waals surface area contributed by atoms with Crippen LogP contribution in [-0.2, 0) is 14.2 Å². The van der Waals surface area contributed by atoms with Crippen molar-refractivity contribution in [1.29, 1.82) is 0 Å². The van der Waals surface area contributed by atoms with Crippen molar-refractivity contribution in [2.45, 2.75) is 49.6 Å². The first-order valence-electron chi connectivity index (χ1n) is 5.66. The molecule has 0 aliphatic carbocycles. The van der Waals surface area contributed by atoms with Gasteiger partial charge in [0.25, 0.3) is 0 Å². The fourth-order valence-electron chi connectivity index (χ4n) is 1.76. The van der Waals surface area contributed by atoms with Gasteiger partial charge in [-0.25, -0.2) is 0 Å². The van der Waals surface area contributed by atoms with Gasteiger partial charge in [-0.3, -0.25) is 0 Å². The molecule has 2 aliphatic heterocycles. The van der Waals surface area contributed by atoms with Crippen LogP contribution in [0, 0.1) is 0 Å². The quantitative estimate of drug-likeness (QED) is 0.557. The van der Waals surface area contributed by atoms with Crippen molar-refractivity contribution in [2.24, 2.45) is 0 Å². The highest BCUT2D eigenvalue weighted by molar-refractivity contribution is 4.88. The number of rotatable bonds is 6. The molecule has 0 aromatic carbocycles. The van der Waals surface area contributed by atoms with Crippen molar-refractivity contribution < 1.29 is 40.6 Å². The van der Waals surface area contributed by atoms with Gasteiger partial charge >= 0.3 is 12.4 Å². The molecule has 2 saturated heterocycles. The highest BCUT2D eigenvalue weighted by Gasteiger charge is 2.48. The number of ether oxygens (including phenoxy) is 3. The summed E-state index contributed by atoms with van der Waals surface area (Å²) in [5.74, 6) is 0. The first kappa shape index (κ1) is 14.9. The van der Waals surface area contributed by atoms with Crippen molar-refractivity contribution in [1.82, 2.24) is 0 Å². The Morgan fingerprint density at radius 3 is 1.37 bits per heavy atom. The fraction of sp³-hybridized carbons (Fsp3) is 1.00. The summed E-state index contributed by atoms with van der Waals surface area (Å²) in [6.07, 6.45) is -16.0. The molecule has 0 spiro atoms. The third-order valence-corrected chi connectivity index (χ3v) is 2.76. The lowest BCUT2D eigenvalue weighted by molar-refractivity contribution is -0.195. The molecule has 2 rings (SSSR count). The molecule has 4 unspecified atom stereocenters. The van der Waals surface area contributed by atoms with Crippen LogP contribution >= 0.6 is 0 Å². The van der Waals surface area contributed by atoms with E-state index in [9.17, 15) is 26.3 Å². The van der Waals surface area contributed by atoms with Gasteiger partial charge in [0, 0.05) is 0 Å². The van der Waals surface area contributed by atoms with Crippen LogP contribution in [0.3, 0.4) is 0 Å². The highest BCUT2D eigenvalue weighted by atomic mass is 19.4. The summed E-state index contributed by atoms with van der Waals surface area (Å²) in [6, 6.07) is 0. The monoisotopic (exact) mass is 294 g/mol. The average Bonchev–Trinajstić information content (AvgIpc) is 3.05. The molecule has 19 heavy (non-hydrogen) atoms. The van der Waals surface area contributed by atoms with E-state index in [0.717, 1.165) is 0 Å². The largest absolute Gasteiger partial charge is 0.391 e. The van der Waals surface area contributed by atoms with Crippen LogP contribution in [0.2, 0.25) is 0 Å². The van der Waals surface area contributed by atoms with Crippen LogP contribution < -0.4 is 0 Å². The molecule has 2 aliphatic rings. The van der Waals surface area contributed by atoms with Crippen molar-refractivity contribution in [3.63, 3.8) is 0 Å². The number of alkyl halides is 6. The Morgan fingerprint density at radius 2 is 1.16 bits per heavy atom. The van der Waals surface area contributed by atoms with E-state index in [1.54, 1.807) is 0 Å². The highest BCUT2D eigenvalue weighted by Crippen LogP contribution is 2.35. The Kier molecular flexibility index (Phi) is 3.99. The molecular formula is C10H12F6O3. The Bertz CT molecular complexity index is 277. The average molecular weight is 294 g/mol. The number of halogens is 6. The molecule has 2 heterocycles. The van der Waals surface area contributed by atoms with E-state index in [-0.39, 0.29) is 13.2 Å². The summed E-state index contributed by atoms with van der Waals surface area (Å²) < 4.78 is 88.2. The van der Waals surface area contributed by atoms with Gasteiger partial charge in [0.05, 0.1) is 38.3 Å². The molecule has 0 saturated carbocycles. The lowest BCUT2D eigenvalue weighted by Crippen LogP contribution is -2.36. The van der Waals surface area contributed by atoms with Gasteiger partial charge < -0.3 is 14.2 Å². The number of epoxide rings is 2. The van der Waals surface area contributed by atoms with Crippen LogP contribution in [0.15, 0.2) is 0 Å². The predicted molar refractivity (Wildman–Crippen MR) is 49.5 cm³/mol. The molecular weight excluding hydrogens is 282 g/mol. The van der Waals surface area contributed by atoms with Crippen molar-refractivity contribution >= 4 is 0 Å². The van der Waals surface area contributed by atoms with Gasteiger partial charge in [-0.05, 0) is 0 Å². The molecule has 0 aromatic rings. The third kappa shape index (κ3) is 5.53. The minimum absolute atomic E-state index is 0.0744. The van der Waals surface area contributed by atoms with E-state index in [1.807, 2.05) is 0 Å². The van der Waals surface area contributed by atoms with Crippen LogP contribution in [0.5, 0.6) is 0 Å². The summed E-state index contributed by atoms with van der Waals surface area (Å²) in [7, 11) is 0. The summed E-state index contributed by atoms with van der Waals surface area (Å²) >= 11 is 0. The second kappa shape index (κ2) is 5.10. The Balaban J connectivity index is 1.93. The smallest absolute Gasteiger partial charge is 0.370 e. The number of hydrogen-bond acceptors (Lipinski definition) is 3. The van der Waals surface area contributed by atoms with Gasteiger partial charge in [-0.2, -0.15) is 26.3 Å². The zero-order valence-corrected chi connectivity index (χ0v) is 9.63. The second-order valence-corrected chi connectivity index (χ2v) is 4.60. The molecule has 0 bridgehead atoms. The maximum Gasteiger partial charge on any atom is 0.391 e. The minimum Gasteiger partial charge on any atom is -0.370 e. The molecule has 0 N–H and O–H groups in total. The van der Waals surface area contributed by atoms with Gasteiger partial charge in [-0.1, -0.05) is 0 Å². The lowest BCUT2D eigenvalue weighted by atomic mass is 10.1. The zero-order chi connectivity index (χ0) is 14.3. The van der Waals surface area contributed by atoms with Crippen LogP contribution in [0.25, 0.3) is 0 Å². The normalized spacial score (nSPS) is 30.0. The fourth-order valence-corrected chi connectivity index (χ4v) is 1.76. The van der Waals surface area contributed by atoms with Gasteiger partial charge in [0.2, 0.25) is 0 Å². The van der Waals surface area contributed by atoms with E-state index in [1.165, 1.54) is 0 Å². The third-order valence-electron chi connectivity index (χ3n) is 2.76. The summed E-state index contributed by atoms with van der Waals surface area (Å²) in [4.78, 5) is 0. The van der Waals surface area contributed by atoms with Crippen molar-refractivity contribution in [3.05, 3.63) is 0 Å². The molecule has 9 heteroatoms. The molecule has 3 nitrogen and oxygen atoms in total. The lowest BCUT2D eigenvalue weighted by Gasteiger charge is -2.24. The van der Waals surface area contributed by atoms with E-state index in [4.69, 9.17) is 14.2 Å². The van der Waals surface area contributed by atoms with Gasteiger partial charge in [0.1, 0.15) is 12.2 Å². The molecule has 112 valence electrons. The van der Waals surface area contributed by atoms with E-state index in [2.05, 4.69) is 0 Å². The Morgan fingerprint density at radius 1 is 0.842 bits per heavy atom. The summed E-state index contributed by atoms with van der Waals surface area (Å²) in [5.41, 5.74) is 0. The summed E-state index contributed by atoms with van der Waals surface area (Å²) in [6.45, 7) is 0.149. The molecule has 0 amide bonds. The van der Waals surface area contributed by atoms with Crippen LogP contribution in [0.4, 0.5) is 26.3 Å². The maximum atomic E-state index is 12.3. The van der Waals surface area contributed by atoms with Crippen LogP contribution in [0.1, 0.15) is 12.8 Å². The Labute approximate surface area is 104 Å². The second-order valence-electron chi connectivity index (χ2n) is 4.60. The minimum atomic E-state index is -4.51. The molecule has 0 radical (unpaired) electrons. The van der Waals surface area contributed by atoms with E-state index in [0.29, 0.717) is 0 Å². The van der Waals surface area contributed by atoms with E-state index < -0.39 is 49.6 Å². The van der Waals surface area contributed by atoms with E-state index >= 15 is 0 Å². The zero-order valence-electron chi connectivity index (χ0n) is 9.63. The molecule has 2 fully saturated rings. The SMILES string of the molecule is FC(F)(F)CC(OC(CC(F)(F)F)C1CO1)C1CO1. The van der Waals surface area contributed by atoms with Gasteiger partial charge in [-0.15, -0.1) is 0 Å². The Hall–Kier alpha value is -0.540. The summed E-state index contributed by atoms with van der Waals surface area (Å²) in [5, 5.41) is 0. The standard InChI is InChI=1S/C10H12F6O3/c11-9(12,13)1-5(7-3-17-7)19-6(8-4-18-8)2-10(14,15)16/h5-8H,1-4H2. The maximum absolute atomic E-state index is 12.3. The molecule has 4 atom stereocenters. The van der Waals surface area contributed by atoms with Gasteiger partial charge in [0.15, 0.2) is 0 Å². The molecule has 0 aromatic heterocycles. The first-order chi connectivity index (χ1) is 8.64. The topological polar surface area (TPSA) is 34.3 Å². The number of hydrogen-bond donors (Lipinski definition) is 0. The van der Waals surface area contributed by atoms with Crippen LogP contribution in [-0.4, -0.2) is 50.0 Å². The van der Waals surface area contributed by atoms with Crippen molar-refractivity contribution in [2.75, 3.05) is 13.2 Å². The first-order valence-corrected chi connectivity index (χ1v) is 5.66. The van der Waals surface area contributed by atoms with Crippen molar-refractivity contribution in [3.8, 4) is 0 Å².